The van der Waals surface area contributed by atoms with Gasteiger partial charge in [0.25, 0.3) is 0 Å². The minimum absolute atomic E-state index is 0.468. The van der Waals surface area contributed by atoms with Gasteiger partial charge < -0.3 is 15.5 Å². The zero-order chi connectivity index (χ0) is 10.5. The van der Waals surface area contributed by atoms with Gasteiger partial charge in [0, 0.05) is 24.8 Å². The Morgan fingerprint density at radius 2 is 2.47 bits per heavy atom. The van der Waals surface area contributed by atoms with Crippen LogP contribution in [-0.2, 0) is 6.42 Å². The number of nitrogens with two attached hydrogens (primary N) is 1. The van der Waals surface area contributed by atoms with Gasteiger partial charge in [-0.2, -0.15) is 11.8 Å². The number of hydrogen-bond donors (Lipinski definition) is 2. The van der Waals surface area contributed by atoms with E-state index in [1.807, 2.05) is 11.8 Å². The minimum Gasteiger partial charge on any atom is -0.408 e. The van der Waals surface area contributed by atoms with Crippen LogP contribution in [-0.4, -0.2) is 34.3 Å². The van der Waals surface area contributed by atoms with E-state index < -0.39 is 0 Å². The van der Waals surface area contributed by atoms with E-state index in [4.69, 9.17) is 10.2 Å². The van der Waals surface area contributed by atoms with Gasteiger partial charge in [-0.3, -0.25) is 0 Å². The molecular weight excluding hydrogens is 212 g/mol. The third-order valence-electron chi connectivity index (χ3n) is 2.31. The van der Waals surface area contributed by atoms with Crippen LogP contribution in [0.2, 0.25) is 0 Å². The molecule has 1 aromatic rings. The van der Waals surface area contributed by atoms with E-state index in [0.717, 1.165) is 5.75 Å². The molecule has 0 radical (unpaired) electrons. The van der Waals surface area contributed by atoms with Crippen LogP contribution < -0.4 is 11.1 Å². The first-order chi connectivity index (χ1) is 7.38. The molecule has 2 rings (SSSR count). The van der Waals surface area contributed by atoms with E-state index in [1.54, 1.807) is 0 Å². The molecule has 1 unspecified atom stereocenters. The van der Waals surface area contributed by atoms with E-state index in [9.17, 15) is 0 Å². The van der Waals surface area contributed by atoms with E-state index in [-0.39, 0.29) is 0 Å². The minimum atomic E-state index is 0.468. The zero-order valence-electron chi connectivity index (χ0n) is 8.61. The number of hydrogen-bond acceptors (Lipinski definition) is 6. The smallest absolute Gasteiger partial charge is 0.315 e. The summed E-state index contributed by atoms with van der Waals surface area (Å²) in [5.74, 6) is 3.00. The summed E-state index contributed by atoms with van der Waals surface area (Å²) >= 11 is 1.97. The van der Waals surface area contributed by atoms with Crippen molar-refractivity contribution in [1.82, 2.24) is 10.2 Å². The molecule has 1 aliphatic heterocycles. The van der Waals surface area contributed by atoms with Gasteiger partial charge in [-0.1, -0.05) is 5.10 Å². The van der Waals surface area contributed by atoms with Crippen molar-refractivity contribution in [3.63, 3.8) is 0 Å². The molecule has 0 aliphatic carbocycles. The molecule has 0 aromatic carbocycles. The fourth-order valence-corrected chi connectivity index (χ4v) is 2.64. The second-order valence-corrected chi connectivity index (χ2v) is 4.75. The molecule has 2 heterocycles. The molecule has 1 aliphatic rings. The third kappa shape index (κ3) is 3.10. The van der Waals surface area contributed by atoms with Crippen LogP contribution in [0.3, 0.4) is 0 Å². The largest absolute Gasteiger partial charge is 0.408 e. The summed E-state index contributed by atoms with van der Waals surface area (Å²) in [5.41, 5.74) is 5.40. The van der Waals surface area contributed by atoms with Crippen LogP contribution in [0.15, 0.2) is 4.42 Å². The SMILES string of the molecule is NCCc1nnc(NC2CCCSC2)o1. The standard InChI is InChI=1S/C9H16N4OS/c10-4-3-8-12-13-9(14-8)11-7-2-1-5-15-6-7/h7H,1-6,10H2,(H,11,13). The molecule has 6 heteroatoms. The Hall–Kier alpha value is -0.750. The topological polar surface area (TPSA) is 77.0 Å². The molecule has 1 saturated heterocycles. The molecule has 0 bridgehead atoms. The van der Waals surface area contributed by atoms with Crippen molar-refractivity contribution in [3.05, 3.63) is 5.89 Å². The summed E-state index contributed by atoms with van der Waals surface area (Å²) in [6, 6.07) is 1.00. The highest BCUT2D eigenvalue weighted by atomic mass is 32.2. The molecule has 5 nitrogen and oxygen atoms in total. The van der Waals surface area contributed by atoms with E-state index >= 15 is 0 Å². The van der Waals surface area contributed by atoms with Crippen LogP contribution in [0.5, 0.6) is 0 Å². The van der Waals surface area contributed by atoms with Crippen LogP contribution in [0.25, 0.3) is 0 Å². The van der Waals surface area contributed by atoms with Crippen LogP contribution >= 0.6 is 11.8 Å². The molecule has 0 amide bonds. The van der Waals surface area contributed by atoms with Gasteiger partial charge in [-0.25, -0.2) is 0 Å². The lowest BCUT2D eigenvalue weighted by molar-refractivity contribution is 0.498. The Kier molecular flexibility index (Phi) is 3.85. The van der Waals surface area contributed by atoms with Gasteiger partial charge in [0.15, 0.2) is 0 Å². The Morgan fingerprint density at radius 3 is 3.20 bits per heavy atom. The molecule has 1 atom stereocenters. The van der Waals surface area contributed by atoms with Gasteiger partial charge in [-0.15, -0.1) is 5.10 Å². The van der Waals surface area contributed by atoms with Crippen molar-refractivity contribution in [2.45, 2.75) is 25.3 Å². The molecule has 0 spiro atoms. The van der Waals surface area contributed by atoms with E-state index in [2.05, 4.69) is 15.5 Å². The summed E-state index contributed by atoms with van der Waals surface area (Å²) in [7, 11) is 0. The summed E-state index contributed by atoms with van der Waals surface area (Å²) in [4.78, 5) is 0. The number of anilines is 1. The van der Waals surface area contributed by atoms with Gasteiger partial charge >= 0.3 is 6.01 Å². The maximum Gasteiger partial charge on any atom is 0.315 e. The average molecular weight is 228 g/mol. The number of nitrogens with zero attached hydrogens (tertiary/aromatic N) is 2. The molecule has 1 aromatic heterocycles. The Bertz CT molecular complexity index is 298. The van der Waals surface area contributed by atoms with Crippen molar-refractivity contribution < 1.29 is 4.42 Å². The first kappa shape index (κ1) is 10.8. The predicted octanol–water partition coefficient (Wildman–Crippen LogP) is 0.878. The van der Waals surface area contributed by atoms with Gasteiger partial charge in [0.2, 0.25) is 5.89 Å². The van der Waals surface area contributed by atoms with Crippen LogP contribution in [0, 0.1) is 0 Å². The third-order valence-corrected chi connectivity index (χ3v) is 3.53. The Labute approximate surface area is 93.2 Å². The Balaban J connectivity index is 1.86. The predicted molar refractivity (Wildman–Crippen MR) is 61.0 cm³/mol. The number of rotatable bonds is 4. The lowest BCUT2D eigenvalue weighted by Gasteiger charge is -2.20. The number of aromatic nitrogens is 2. The molecule has 84 valence electrons. The quantitative estimate of drug-likeness (QED) is 0.796. The highest BCUT2D eigenvalue weighted by molar-refractivity contribution is 7.99. The van der Waals surface area contributed by atoms with Gasteiger partial charge in [0.05, 0.1) is 0 Å². The maximum absolute atomic E-state index is 5.40. The molecular formula is C9H16N4OS. The van der Waals surface area contributed by atoms with Gasteiger partial charge in [0.1, 0.15) is 0 Å². The monoisotopic (exact) mass is 228 g/mol. The number of nitrogens with one attached hydrogen (secondary N) is 1. The zero-order valence-corrected chi connectivity index (χ0v) is 9.42. The number of thioether (sulfide) groups is 1. The average Bonchev–Trinajstić information content (AvgIpc) is 2.68. The Morgan fingerprint density at radius 1 is 1.53 bits per heavy atom. The summed E-state index contributed by atoms with van der Waals surface area (Å²) in [6.45, 7) is 0.543. The van der Waals surface area contributed by atoms with E-state index in [1.165, 1.54) is 18.6 Å². The highest BCUT2D eigenvalue weighted by Crippen LogP contribution is 2.20. The van der Waals surface area contributed by atoms with E-state index in [0.29, 0.717) is 30.9 Å². The fraction of sp³-hybridized carbons (Fsp3) is 0.778. The lowest BCUT2D eigenvalue weighted by atomic mass is 10.2. The normalized spacial score (nSPS) is 21.5. The second kappa shape index (κ2) is 5.37. The van der Waals surface area contributed by atoms with Crippen LogP contribution in [0.1, 0.15) is 18.7 Å². The van der Waals surface area contributed by atoms with Crippen molar-refractivity contribution >= 4 is 17.8 Å². The van der Waals surface area contributed by atoms with Crippen LogP contribution in [0.4, 0.5) is 6.01 Å². The maximum atomic E-state index is 5.40. The lowest BCUT2D eigenvalue weighted by Crippen LogP contribution is -2.25. The summed E-state index contributed by atoms with van der Waals surface area (Å²) in [5, 5.41) is 11.1. The van der Waals surface area contributed by atoms with Crippen molar-refractivity contribution in [2.75, 3.05) is 23.4 Å². The van der Waals surface area contributed by atoms with Crippen molar-refractivity contribution in [3.8, 4) is 0 Å². The van der Waals surface area contributed by atoms with Gasteiger partial charge in [-0.05, 0) is 18.6 Å². The molecule has 1 fully saturated rings. The first-order valence-corrected chi connectivity index (χ1v) is 6.40. The summed E-state index contributed by atoms with van der Waals surface area (Å²) in [6.07, 6.45) is 3.09. The first-order valence-electron chi connectivity index (χ1n) is 5.25. The highest BCUT2D eigenvalue weighted by Gasteiger charge is 2.15. The second-order valence-electron chi connectivity index (χ2n) is 3.60. The molecule has 0 saturated carbocycles. The van der Waals surface area contributed by atoms with Crippen molar-refractivity contribution in [2.24, 2.45) is 5.73 Å². The fourth-order valence-electron chi connectivity index (χ4n) is 1.57. The molecule has 3 N–H and O–H groups in total. The molecule has 15 heavy (non-hydrogen) atoms. The van der Waals surface area contributed by atoms with Crippen molar-refractivity contribution in [1.29, 1.82) is 0 Å². The summed E-state index contributed by atoms with van der Waals surface area (Å²) < 4.78 is 5.40.